The summed E-state index contributed by atoms with van der Waals surface area (Å²) in [7, 11) is 3.57. The smallest absolute Gasteiger partial charge is 0.191 e. The summed E-state index contributed by atoms with van der Waals surface area (Å²) in [6.45, 7) is 6.21. The minimum Gasteiger partial charge on any atom is -0.497 e. The van der Waals surface area contributed by atoms with E-state index in [2.05, 4.69) is 27.6 Å². The van der Waals surface area contributed by atoms with Crippen molar-refractivity contribution in [1.29, 1.82) is 0 Å². The molecule has 2 rings (SSSR count). The van der Waals surface area contributed by atoms with Crippen LogP contribution in [0.2, 0.25) is 0 Å². The van der Waals surface area contributed by atoms with Gasteiger partial charge in [0.25, 0.3) is 0 Å². The van der Waals surface area contributed by atoms with E-state index in [1.807, 2.05) is 55.3 Å². The highest BCUT2D eigenvalue weighted by Gasteiger charge is 2.06. The fourth-order valence-electron chi connectivity index (χ4n) is 2.43. The molecule has 8 heteroatoms. The maximum absolute atomic E-state index is 5.91. The highest BCUT2D eigenvalue weighted by molar-refractivity contribution is 14.0. The van der Waals surface area contributed by atoms with Crippen molar-refractivity contribution in [2.45, 2.75) is 26.4 Å². The minimum atomic E-state index is -0.0455. The lowest BCUT2D eigenvalue weighted by Gasteiger charge is -2.15. The molecule has 2 aromatic rings. The normalized spacial score (nSPS) is 12.1. The van der Waals surface area contributed by atoms with Crippen LogP contribution in [0.5, 0.6) is 11.5 Å². The highest BCUT2D eigenvalue weighted by atomic mass is 127. The lowest BCUT2D eigenvalue weighted by atomic mass is 10.2. The predicted molar refractivity (Wildman–Crippen MR) is 119 cm³/mol. The van der Waals surface area contributed by atoms with Gasteiger partial charge >= 0.3 is 0 Å². The van der Waals surface area contributed by atoms with Crippen LogP contribution in [0.3, 0.4) is 0 Å². The second-order valence-electron chi connectivity index (χ2n) is 6.03. The number of rotatable bonds is 9. The zero-order valence-corrected chi connectivity index (χ0v) is 18.8. The number of hydrogen-bond donors (Lipinski definition) is 2. The first-order valence-electron chi connectivity index (χ1n) is 8.91. The van der Waals surface area contributed by atoms with Crippen LogP contribution < -0.4 is 20.1 Å². The number of ether oxygens (including phenoxy) is 2. The quantitative estimate of drug-likeness (QED) is 0.323. The first-order chi connectivity index (χ1) is 12.6. The first-order valence-corrected chi connectivity index (χ1v) is 8.91. The molecule has 150 valence electrons. The Morgan fingerprint density at radius 3 is 2.74 bits per heavy atom. The van der Waals surface area contributed by atoms with Crippen molar-refractivity contribution in [3.63, 3.8) is 0 Å². The Labute approximate surface area is 178 Å². The third-order valence-electron chi connectivity index (χ3n) is 3.69. The summed E-state index contributed by atoms with van der Waals surface area (Å²) < 4.78 is 12.9. The number of halogens is 1. The van der Waals surface area contributed by atoms with Gasteiger partial charge in [-0.2, -0.15) is 5.10 Å². The Bertz CT molecular complexity index is 705. The summed E-state index contributed by atoms with van der Waals surface area (Å²) >= 11 is 0. The van der Waals surface area contributed by atoms with E-state index in [4.69, 9.17) is 9.47 Å². The SMILES string of the molecule is CCNC(=NCC(C)Oc1cccc(OC)c1)NCCc1cnn(C)c1.I. The number of guanidine groups is 1. The number of nitrogens with one attached hydrogen (secondary N) is 2. The van der Waals surface area contributed by atoms with E-state index in [1.165, 1.54) is 5.56 Å². The summed E-state index contributed by atoms with van der Waals surface area (Å²) in [5.74, 6) is 2.35. The fourth-order valence-corrected chi connectivity index (χ4v) is 2.43. The molecule has 1 heterocycles. The molecule has 0 aliphatic heterocycles. The first kappa shape index (κ1) is 23.1. The monoisotopic (exact) mass is 487 g/mol. The van der Waals surface area contributed by atoms with E-state index >= 15 is 0 Å². The summed E-state index contributed by atoms with van der Waals surface area (Å²) in [5, 5.41) is 10.8. The predicted octanol–water partition coefficient (Wildman–Crippen LogP) is 2.61. The van der Waals surface area contributed by atoms with Gasteiger partial charge in [-0.25, -0.2) is 4.99 Å². The average molecular weight is 487 g/mol. The summed E-state index contributed by atoms with van der Waals surface area (Å²) in [6.07, 6.45) is 4.76. The van der Waals surface area contributed by atoms with Gasteiger partial charge in [0.05, 0.1) is 19.9 Å². The summed E-state index contributed by atoms with van der Waals surface area (Å²) in [4.78, 5) is 4.61. The fraction of sp³-hybridized carbons (Fsp3) is 0.474. The largest absolute Gasteiger partial charge is 0.497 e. The van der Waals surface area contributed by atoms with Crippen molar-refractivity contribution in [1.82, 2.24) is 20.4 Å². The maximum atomic E-state index is 5.91. The zero-order chi connectivity index (χ0) is 18.8. The average Bonchev–Trinajstić information content (AvgIpc) is 3.05. The van der Waals surface area contributed by atoms with Crippen LogP contribution >= 0.6 is 24.0 Å². The van der Waals surface area contributed by atoms with Crippen molar-refractivity contribution in [2.75, 3.05) is 26.7 Å². The molecule has 0 saturated heterocycles. The number of aliphatic imine (C=N–C) groups is 1. The minimum absolute atomic E-state index is 0. The van der Waals surface area contributed by atoms with Crippen molar-refractivity contribution >= 4 is 29.9 Å². The van der Waals surface area contributed by atoms with Gasteiger partial charge in [-0.05, 0) is 38.0 Å². The van der Waals surface area contributed by atoms with E-state index < -0.39 is 0 Å². The van der Waals surface area contributed by atoms with Crippen LogP contribution in [-0.4, -0.2) is 48.6 Å². The summed E-state index contributed by atoms with van der Waals surface area (Å²) in [6, 6.07) is 7.59. The van der Waals surface area contributed by atoms with E-state index in [9.17, 15) is 0 Å². The van der Waals surface area contributed by atoms with Crippen molar-refractivity contribution in [3.05, 3.63) is 42.2 Å². The van der Waals surface area contributed by atoms with Gasteiger partial charge in [0.15, 0.2) is 5.96 Å². The van der Waals surface area contributed by atoms with Crippen molar-refractivity contribution < 1.29 is 9.47 Å². The highest BCUT2D eigenvalue weighted by Crippen LogP contribution is 2.19. The van der Waals surface area contributed by atoms with E-state index in [0.717, 1.165) is 37.0 Å². The molecular formula is C19H30IN5O2. The second kappa shape index (κ2) is 12.4. The molecular weight excluding hydrogens is 457 g/mol. The standard InChI is InChI=1S/C19H29N5O2.HI/c1-5-20-19(21-10-9-16-13-23-24(3)14-16)22-12-15(2)26-18-8-6-7-17(11-18)25-4;/h6-8,11,13-15H,5,9-10,12H2,1-4H3,(H2,20,21,22);1H. The van der Waals surface area contributed by atoms with Crippen LogP contribution in [0.1, 0.15) is 19.4 Å². The van der Waals surface area contributed by atoms with Gasteiger partial charge in [-0.3, -0.25) is 4.68 Å². The van der Waals surface area contributed by atoms with Crippen LogP contribution in [0.15, 0.2) is 41.7 Å². The zero-order valence-electron chi connectivity index (χ0n) is 16.4. The molecule has 0 amide bonds. The number of nitrogens with zero attached hydrogens (tertiary/aromatic N) is 3. The van der Waals surface area contributed by atoms with E-state index in [1.54, 1.807) is 7.11 Å². The summed E-state index contributed by atoms with van der Waals surface area (Å²) in [5.41, 5.74) is 1.20. The van der Waals surface area contributed by atoms with Gasteiger partial charge in [0.1, 0.15) is 17.6 Å². The molecule has 0 aliphatic rings. The van der Waals surface area contributed by atoms with Crippen LogP contribution in [-0.2, 0) is 13.5 Å². The molecule has 0 aliphatic carbocycles. The van der Waals surface area contributed by atoms with Gasteiger partial charge in [0.2, 0.25) is 0 Å². The van der Waals surface area contributed by atoms with Crippen molar-refractivity contribution in [3.8, 4) is 11.5 Å². The number of methoxy groups -OCH3 is 1. The number of aromatic nitrogens is 2. The Kier molecular flexibility index (Phi) is 10.6. The number of hydrogen-bond acceptors (Lipinski definition) is 4. The molecule has 1 aromatic heterocycles. The van der Waals surface area contributed by atoms with Crippen LogP contribution in [0, 0.1) is 0 Å². The molecule has 27 heavy (non-hydrogen) atoms. The van der Waals surface area contributed by atoms with Gasteiger partial charge in [-0.1, -0.05) is 6.07 Å². The maximum Gasteiger partial charge on any atom is 0.191 e. The molecule has 1 unspecified atom stereocenters. The molecule has 1 aromatic carbocycles. The van der Waals surface area contributed by atoms with Crippen LogP contribution in [0.4, 0.5) is 0 Å². The third kappa shape index (κ3) is 8.51. The Morgan fingerprint density at radius 2 is 2.07 bits per heavy atom. The third-order valence-corrected chi connectivity index (χ3v) is 3.69. The second-order valence-corrected chi connectivity index (χ2v) is 6.03. The molecule has 0 bridgehead atoms. The molecule has 0 fully saturated rings. The molecule has 2 N–H and O–H groups in total. The number of aryl methyl sites for hydroxylation is 1. The molecule has 1 atom stereocenters. The lowest BCUT2D eigenvalue weighted by molar-refractivity contribution is 0.229. The Hall–Kier alpha value is -1.97. The van der Waals surface area contributed by atoms with Gasteiger partial charge in [0, 0.05) is 32.4 Å². The van der Waals surface area contributed by atoms with Gasteiger partial charge < -0.3 is 20.1 Å². The van der Waals surface area contributed by atoms with Crippen LogP contribution in [0.25, 0.3) is 0 Å². The molecule has 0 spiro atoms. The Morgan fingerprint density at radius 1 is 1.30 bits per heavy atom. The Balaban J connectivity index is 0.00000364. The molecule has 7 nitrogen and oxygen atoms in total. The van der Waals surface area contributed by atoms with E-state index in [0.29, 0.717) is 6.54 Å². The van der Waals surface area contributed by atoms with Gasteiger partial charge in [-0.15, -0.1) is 24.0 Å². The molecule has 0 radical (unpaired) electrons. The molecule has 0 saturated carbocycles. The number of benzene rings is 1. The van der Waals surface area contributed by atoms with Crippen molar-refractivity contribution in [2.24, 2.45) is 12.0 Å². The lowest BCUT2D eigenvalue weighted by Crippen LogP contribution is -2.39. The van der Waals surface area contributed by atoms with E-state index in [-0.39, 0.29) is 30.1 Å². The topological polar surface area (TPSA) is 72.7 Å².